The van der Waals surface area contributed by atoms with E-state index >= 15 is 0 Å². The van der Waals surface area contributed by atoms with Gasteiger partial charge in [0.2, 0.25) is 5.91 Å². The zero-order valence-electron chi connectivity index (χ0n) is 13.1. The van der Waals surface area contributed by atoms with Crippen molar-refractivity contribution in [2.45, 2.75) is 49.9 Å². The zero-order valence-corrected chi connectivity index (χ0v) is 13.1. The molecule has 3 atom stereocenters. The summed E-state index contributed by atoms with van der Waals surface area (Å²) >= 11 is 0. The fraction of sp³-hybridized carbons (Fsp3) is 0.714. The highest BCUT2D eigenvalue weighted by Crippen LogP contribution is 2.42. The monoisotopic (exact) mass is 343 g/mol. The molecule has 0 saturated carbocycles. The van der Waals surface area contributed by atoms with Crippen LogP contribution >= 0.6 is 0 Å². The normalized spacial score (nSPS) is 27.8. The number of amides is 2. The first-order valence-corrected chi connectivity index (χ1v) is 7.70. The molecule has 5 N–H and O–H groups in total. The van der Waals surface area contributed by atoms with E-state index in [4.69, 9.17) is 10.8 Å². The smallest absolute Gasteiger partial charge is 0.326 e. The van der Waals surface area contributed by atoms with Gasteiger partial charge in [-0.15, -0.1) is 0 Å². The number of likely N-dealkylation sites (tertiary alicyclic amines) is 2. The van der Waals surface area contributed by atoms with Crippen molar-refractivity contribution in [1.82, 2.24) is 9.80 Å². The summed E-state index contributed by atoms with van der Waals surface area (Å²) in [5.74, 6) is -3.69. The summed E-state index contributed by atoms with van der Waals surface area (Å²) in [7, 11) is 0. The summed E-state index contributed by atoms with van der Waals surface area (Å²) in [6.45, 7) is 0.0295. The van der Waals surface area contributed by atoms with Gasteiger partial charge in [-0.1, -0.05) is 0 Å². The summed E-state index contributed by atoms with van der Waals surface area (Å²) < 4.78 is 0. The summed E-state index contributed by atoms with van der Waals surface area (Å²) in [4.78, 5) is 49.2. The van der Waals surface area contributed by atoms with Crippen molar-refractivity contribution >= 4 is 23.8 Å². The van der Waals surface area contributed by atoms with Gasteiger partial charge in [-0.25, -0.2) is 4.79 Å². The van der Waals surface area contributed by atoms with E-state index < -0.39 is 48.0 Å². The number of rotatable bonds is 6. The molecule has 0 radical (unpaired) electrons. The van der Waals surface area contributed by atoms with Gasteiger partial charge < -0.3 is 30.9 Å². The van der Waals surface area contributed by atoms with E-state index in [1.165, 1.54) is 4.90 Å². The van der Waals surface area contributed by atoms with E-state index in [1.54, 1.807) is 0 Å². The summed E-state index contributed by atoms with van der Waals surface area (Å²) in [6.07, 6.45) is -1.41. The molecule has 1 unspecified atom stereocenters. The van der Waals surface area contributed by atoms with Crippen molar-refractivity contribution in [3.8, 4) is 0 Å². The second-order valence-corrected chi connectivity index (χ2v) is 6.07. The topological polar surface area (TPSA) is 161 Å². The van der Waals surface area contributed by atoms with E-state index in [1.807, 2.05) is 0 Å². The van der Waals surface area contributed by atoms with Crippen LogP contribution in [0, 0.1) is 0 Å². The SMILES string of the molecule is NCC(=O)N1CCCC12C[C@H](O)N([C@H](CCC(=O)O)C(=O)O)C2=O. The average Bonchev–Trinajstić information content (AvgIpc) is 3.03. The molecule has 10 nitrogen and oxygen atoms in total. The number of nitrogens with two attached hydrogens (primary N) is 1. The van der Waals surface area contributed by atoms with Crippen molar-refractivity contribution in [3.05, 3.63) is 0 Å². The molecule has 0 aromatic heterocycles. The lowest BCUT2D eigenvalue weighted by molar-refractivity contribution is -0.158. The van der Waals surface area contributed by atoms with Crippen LogP contribution in [0.3, 0.4) is 0 Å². The Labute approximate surface area is 137 Å². The van der Waals surface area contributed by atoms with Crippen LogP contribution in [0.25, 0.3) is 0 Å². The van der Waals surface area contributed by atoms with Gasteiger partial charge in [0.1, 0.15) is 17.8 Å². The van der Waals surface area contributed by atoms with Crippen LogP contribution in [0.1, 0.15) is 32.1 Å². The summed E-state index contributed by atoms with van der Waals surface area (Å²) in [5.41, 5.74) is 4.08. The number of carboxylic acids is 2. The lowest BCUT2D eigenvalue weighted by Crippen LogP contribution is -2.56. The number of hydrogen-bond acceptors (Lipinski definition) is 6. The molecule has 24 heavy (non-hydrogen) atoms. The number of carboxylic acid groups (broad SMARTS) is 2. The molecule has 2 aliphatic heterocycles. The zero-order chi connectivity index (χ0) is 18.1. The highest BCUT2D eigenvalue weighted by molar-refractivity contribution is 5.96. The molecule has 2 rings (SSSR count). The summed E-state index contributed by atoms with van der Waals surface area (Å²) in [6, 6.07) is -1.46. The van der Waals surface area contributed by atoms with Crippen molar-refractivity contribution in [2.75, 3.05) is 13.1 Å². The largest absolute Gasteiger partial charge is 0.481 e. The van der Waals surface area contributed by atoms with E-state index in [-0.39, 0.29) is 19.4 Å². The third-order valence-electron chi connectivity index (χ3n) is 4.69. The van der Waals surface area contributed by atoms with Gasteiger partial charge in [0.15, 0.2) is 0 Å². The van der Waals surface area contributed by atoms with Crippen LogP contribution in [0.15, 0.2) is 0 Å². The molecule has 2 heterocycles. The van der Waals surface area contributed by atoms with Gasteiger partial charge in [-0.2, -0.15) is 0 Å². The molecule has 2 amide bonds. The van der Waals surface area contributed by atoms with Gasteiger partial charge in [-0.05, 0) is 19.3 Å². The molecule has 2 aliphatic rings. The first-order chi connectivity index (χ1) is 11.2. The Morgan fingerprint density at radius 1 is 1.33 bits per heavy atom. The minimum Gasteiger partial charge on any atom is -0.481 e. The van der Waals surface area contributed by atoms with Gasteiger partial charge in [0, 0.05) is 19.4 Å². The van der Waals surface area contributed by atoms with Crippen molar-refractivity contribution < 1.29 is 34.5 Å². The number of hydrogen-bond donors (Lipinski definition) is 4. The van der Waals surface area contributed by atoms with Crippen LogP contribution < -0.4 is 5.73 Å². The minimum atomic E-state index is -1.46. The van der Waals surface area contributed by atoms with Crippen LogP contribution in [-0.4, -0.2) is 79.8 Å². The molecular formula is C14H21N3O7. The fourth-order valence-electron chi connectivity index (χ4n) is 3.64. The van der Waals surface area contributed by atoms with Gasteiger partial charge in [0.05, 0.1) is 6.54 Å². The Balaban J connectivity index is 2.29. The number of aliphatic hydroxyl groups is 1. The molecule has 0 aromatic carbocycles. The standard InChI is InChI=1S/C14H21N3O7/c15-7-10(19)16-5-1-4-14(16)6-9(18)17(13(14)24)8(12(22)23)2-3-11(20)21/h8-9,18H,1-7,15H2,(H,20,21)(H,22,23)/t8-,9+,14?/m1/s1. The maximum Gasteiger partial charge on any atom is 0.326 e. The van der Waals surface area contributed by atoms with Crippen LogP contribution in [0.5, 0.6) is 0 Å². The maximum absolute atomic E-state index is 12.9. The number of nitrogens with zero attached hydrogens (tertiary/aromatic N) is 2. The van der Waals surface area contributed by atoms with Crippen LogP contribution in [0.2, 0.25) is 0 Å². The molecule has 2 saturated heterocycles. The van der Waals surface area contributed by atoms with Crippen LogP contribution in [-0.2, 0) is 19.2 Å². The van der Waals surface area contributed by atoms with E-state index in [0.717, 1.165) is 4.90 Å². The number of aliphatic carboxylic acids is 2. The second-order valence-electron chi connectivity index (χ2n) is 6.07. The lowest BCUT2D eigenvalue weighted by atomic mass is 9.93. The number of aliphatic hydroxyl groups excluding tert-OH is 1. The predicted octanol–water partition coefficient (Wildman–Crippen LogP) is -1.82. The van der Waals surface area contributed by atoms with Crippen molar-refractivity contribution in [1.29, 1.82) is 0 Å². The summed E-state index contributed by atoms with van der Waals surface area (Å²) in [5, 5.41) is 28.3. The molecule has 2 fully saturated rings. The second kappa shape index (κ2) is 6.73. The first kappa shape index (κ1) is 18.1. The molecule has 10 heteroatoms. The number of carbonyl (C=O) groups is 4. The van der Waals surface area contributed by atoms with Gasteiger partial charge >= 0.3 is 11.9 Å². The Bertz CT molecular complexity index is 567. The Morgan fingerprint density at radius 3 is 2.54 bits per heavy atom. The third-order valence-corrected chi connectivity index (χ3v) is 4.69. The highest BCUT2D eigenvalue weighted by Gasteiger charge is 2.60. The predicted molar refractivity (Wildman–Crippen MR) is 78.5 cm³/mol. The molecule has 0 aliphatic carbocycles. The fourth-order valence-corrected chi connectivity index (χ4v) is 3.64. The van der Waals surface area contributed by atoms with E-state index in [2.05, 4.69) is 0 Å². The molecule has 134 valence electrons. The third kappa shape index (κ3) is 2.94. The van der Waals surface area contributed by atoms with Crippen molar-refractivity contribution in [2.24, 2.45) is 5.73 Å². The van der Waals surface area contributed by atoms with E-state index in [0.29, 0.717) is 19.4 Å². The first-order valence-electron chi connectivity index (χ1n) is 7.70. The Kier molecular flexibility index (Phi) is 5.09. The van der Waals surface area contributed by atoms with Crippen LogP contribution in [0.4, 0.5) is 0 Å². The lowest BCUT2D eigenvalue weighted by Gasteiger charge is -2.34. The molecule has 0 aromatic rings. The minimum absolute atomic E-state index is 0.103. The maximum atomic E-state index is 12.9. The number of carbonyl (C=O) groups excluding carboxylic acids is 2. The Morgan fingerprint density at radius 2 is 2.00 bits per heavy atom. The van der Waals surface area contributed by atoms with Crippen molar-refractivity contribution in [3.63, 3.8) is 0 Å². The molecule has 0 bridgehead atoms. The quantitative estimate of drug-likeness (QED) is 0.438. The van der Waals surface area contributed by atoms with E-state index in [9.17, 15) is 29.4 Å². The molecular weight excluding hydrogens is 322 g/mol. The average molecular weight is 343 g/mol. The van der Waals surface area contributed by atoms with Gasteiger partial charge in [0.25, 0.3) is 5.91 Å². The van der Waals surface area contributed by atoms with Gasteiger partial charge in [-0.3, -0.25) is 14.4 Å². The Hall–Kier alpha value is -2.20. The molecule has 1 spiro atoms. The highest BCUT2D eigenvalue weighted by atomic mass is 16.4.